The molecule has 0 aliphatic rings. The summed E-state index contributed by atoms with van der Waals surface area (Å²) in [5.74, 6) is -1.20. The lowest BCUT2D eigenvalue weighted by Crippen LogP contribution is -1.96. The van der Waals surface area contributed by atoms with E-state index in [1.54, 1.807) is 0 Å². The lowest BCUT2D eigenvalue weighted by atomic mass is 10.3. The molecule has 0 radical (unpaired) electrons. The number of ether oxygens (including phenoxy) is 1. The highest BCUT2D eigenvalue weighted by Gasteiger charge is 2.14. The summed E-state index contributed by atoms with van der Waals surface area (Å²) in [6, 6.07) is 9.33. The average molecular weight is 272 g/mol. The number of carboxylic acid groups (broad SMARTS) is 1. The summed E-state index contributed by atoms with van der Waals surface area (Å²) in [5, 5.41) is 12.8. The number of rotatable bonds is 4. The zero-order valence-electron chi connectivity index (χ0n) is 10.0. The molecule has 1 N–H and O–H groups in total. The van der Waals surface area contributed by atoms with E-state index < -0.39 is 5.97 Å². The molecular weight excluding hydrogens is 264 g/mol. The molecule has 0 fully saturated rings. The van der Waals surface area contributed by atoms with E-state index in [1.807, 2.05) is 30.3 Å². The SMILES string of the molecule is O=C(O)c1coc(Oc2ncn(-c3ccccc3)n2)n1. The van der Waals surface area contributed by atoms with Gasteiger partial charge in [-0.15, -0.1) is 5.10 Å². The number of carboxylic acids is 1. The highest BCUT2D eigenvalue weighted by Crippen LogP contribution is 2.17. The van der Waals surface area contributed by atoms with Crippen LogP contribution in [0.4, 0.5) is 0 Å². The molecule has 0 aliphatic carbocycles. The fourth-order valence-corrected chi connectivity index (χ4v) is 1.48. The van der Waals surface area contributed by atoms with Crippen molar-refractivity contribution in [2.24, 2.45) is 0 Å². The van der Waals surface area contributed by atoms with Gasteiger partial charge in [0, 0.05) is 0 Å². The highest BCUT2D eigenvalue weighted by molar-refractivity contribution is 5.84. The maximum Gasteiger partial charge on any atom is 0.402 e. The van der Waals surface area contributed by atoms with E-state index in [-0.39, 0.29) is 17.8 Å². The molecule has 0 unspecified atom stereocenters. The molecule has 0 saturated heterocycles. The Morgan fingerprint density at radius 2 is 2.10 bits per heavy atom. The van der Waals surface area contributed by atoms with E-state index in [0.29, 0.717) is 0 Å². The smallest absolute Gasteiger partial charge is 0.402 e. The first-order valence-corrected chi connectivity index (χ1v) is 5.56. The van der Waals surface area contributed by atoms with Crippen LogP contribution in [0.15, 0.2) is 47.3 Å². The molecule has 2 heterocycles. The van der Waals surface area contributed by atoms with Gasteiger partial charge in [-0.25, -0.2) is 9.48 Å². The molecule has 3 rings (SSSR count). The lowest BCUT2D eigenvalue weighted by molar-refractivity contribution is 0.0690. The molecule has 20 heavy (non-hydrogen) atoms. The van der Waals surface area contributed by atoms with E-state index in [4.69, 9.17) is 14.3 Å². The number of benzene rings is 1. The van der Waals surface area contributed by atoms with Crippen LogP contribution in [0.1, 0.15) is 10.5 Å². The van der Waals surface area contributed by atoms with Gasteiger partial charge in [-0.05, 0) is 12.1 Å². The highest BCUT2D eigenvalue weighted by atomic mass is 16.6. The Balaban J connectivity index is 1.78. The molecule has 0 atom stereocenters. The van der Waals surface area contributed by atoms with Crippen molar-refractivity contribution in [3.63, 3.8) is 0 Å². The standard InChI is InChI=1S/C12H8N4O4/c17-10(18)9-6-19-12(14-9)20-11-13-7-16(15-11)8-4-2-1-3-5-8/h1-7H,(H,17,18). The van der Waals surface area contributed by atoms with Crippen molar-refractivity contribution in [1.29, 1.82) is 0 Å². The van der Waals surface area contributed by atoms with Gasteiger partial charge < -0.3 is 14.3 Å². The number of aromatic carboxylic acids is 1. The first-order valence-electron chi connectivity index (χ1n) is 5.56. The Morgan fingerprint density at radius 1 is 1.30 bits per heavy atom. The fourth-order valence-electron chi connectivity index (χ4n) is 1.48. The van der Waals surface area contributed by atoms with Gasteiger partial charge in [0.25, 0.3) is 0 Å². The predicted octanol–water partition coefficient (Wildman–Crippen LogP) is 1.75. The van der Waals surface area contributed by atoms with E-state index in [1.165, 1.54) is 11.0 Å². The summed E-state index contributed by atoms with van der Waals surface area (Å²) >= 11 is 0. The Bertz CT molecular complexity index is 735. The van der Waals surface area contributed by atoms with Crippen molar-refractivity contribution in [3.05, 3.63) is 48.6 Å². The van der Waals surface area contributed by atoms with Crippen molar-refractivity contribution in [1.82, 2.24) is 19.7 Å². The van der Waals surface area contributed by atoms with Crippen LogP contribution in [0.2, 0.25) is 0 Å². The van der Waals surface area contributed by atoms with Crippen LogP contribution < -0.4 is 4.74 Å². The van der Waals surface area contributed by atoms with Crippen molar-refractivity contribution in [2.75, 3.05) is 0 Å². The third kappa shape index (κ3) is 2.34. The number of aromatic nitrogens is 4. The first-order chi connectivity index (χ1) is 9.72. The largest absolute Gasteiger partial charge is 0.476 e. The molecule has 0 saturated carbocycles. The van der Waals surface area contributed by atoms with E-state index >= 15 is 0 Å². The topological polar surface area (TPSA) is 103 Å². The number of carbonyl (C=O) groups is 1. The minimum absolute atomic E-state index is 0.00708. The molecule has 100 valence electrons. The van der Waals surface area contributed by atoms with Crippen LogP contribution >= 0.6 is 0 Å². The van der Waals surface area contributed by atoms with Crippen LogP contribution in [0.25, 0.3) is 5.69 Å². The normalized spacial score (nSPS) is 10.4. The molecule has 0 amide bonds. The van der Waals surface area contributed by atoms with Crippen LogP contribution in [0.5, 0.6) is 12.1 Å². The second kappa shape index (κ2) is 4.84. The number of oxazole rings is 1. The van der Waals surface area contributed by atoms with Gasteiger partial charge in [0.15, 0.2) is 5.69 Å². The zero-order valence-corrected chi connectivity index (χ0v) is 10.0. The van der Waals surface area contributed by atoms with E-state index in [0.717, 1.165) is 12.0 Å². The average Bonchev–Trinajstić information content (AvgIpc) is 3.10. The number of para-hydroxylation sites is 1. The molecule has 0 spiro atoms. The van der Waals surface area contributed by atoms with Gasteiger partial charge in [-0.3, -0.25) is 0 Å². The molecule has 0 aliphatic heterocycles. The molecule has 2 aromatic heterocycles. The Morgan fingerprint density at radius 3 is 2.80 bits per heavy atom. The first kappa shape index (κ1) is 11.9. The zero-order chi connectivity index (χ0) is 13.9. The Hall–Kier alpha value is -3.16. The Kier molecular flexibility index (Phi) is 2.88. The lowest BCUT2D eigenvalue weighted by Gasteiger charge is -1.97. The summed E-state index contributed by atoms with van der Waals surface area (Å²) in [5.41, 5.74) is 0.566. The van der Waals surface area contributed by atoms with Crippen LogP contribution in [0, 0.1) is 0 Å². The van der Waals surface area contributed by atoms with Gasteiger partial charge in [0.05, 0.1) is 5.69 Å². The van der Waals surface area contributed by atoms with E-state index in [9.17, 15) is 4.79 Å². The molecule has 8 heteroatoms. The van der Waals surface area contributed by atoms with E-state index in [2.05, 4.69) is 15.1 Å². The second-order valence-corrected chi connectivity index (χ2v) is 3.71. The summed E-state index contributed by atoms with van der Waals surface area (Å²) in [7, 11) is 0. The summed E-state index contributed by atoms with van der Waals surface area (Å²) in [6.07, 6.45) is 2.21. The third-order valence-corrected chi connectivity index (χ3v) is 2.37. The maximum absolute atomic E-state index is 10.6. The monoisotopic (exact) mass is 272 g/mol. The van der Waals surface area contributed by atoms with Gasteiger partial charge in [-0.1, -0.05) is 18.2 Å². The van der Waals surface area contributed by atoms with Gasteiger partial charge >= 0.3 is 18.1 Å². The minimum atomic E-state index is -1.20. The van der Waals surface area contributed by atoms with Gasteiger partial charge in [0.2, 0.25) is 0 Å². The second-order valence-electron chi connectivity index (χ2n) is 3.71. The quantitative estimate of drug-likeness (QED) is 0.771. The molecule has 3 aromatic rings. The molecular formula is C12H8N4O4. The molecule has 1 aromatic carbocycles. The molecule has 0 bridgehead atoms. The van der Waals surface area contributed by atoms with Crippen molar-refractivity contribution >= 4 is 5.97 Å². The fraction of sp³-hybridized carbons (Fsp3) is 0. The minimum Gasteiger partial charge on any atom is -0.476 e. The van der Waals surface area contributed by atoms with Crippen molar-refractivity contribution in [3.8, 4) is 17.8 Å². The predicted molar refractivity (Wildman–Crippen MR) is 64.9 cm³/mol. The summed E-state index contributed by atoms with van der Waals surface area (Å²) in [6.45, 7) is 0. The van der Waals surface area contributed by atoms with Gasteiger partial charge in [-0.2, -0.15) is 9.97 Å². The molecule has 8 nitrogen and oxygen atoms in total. The van der Waals surface area contributed by atoms with Gasteiger partial charge in [0.1, 0.15) is 12.6 Å². The summed E-state index contributed by atoms with van der Waals surface area (Å²) < 4.78 is 11.5. The van der Waals surface area contributed by atoms with Crippen molar-refractivity contribution in [2.45, 2.75) is 0 Å². The maximum atomic E-state index is 10.6. The summed E-state index contributed by atoms with van der Waals surface area (Å²) in [4.78, 5) is 18.2. The van der Waals surface area contributed by atoms with Crippen molar-refractivity contribution < 1.29 is 19.1 Å². The third-order valence-electron chi connectivity index (χ3n) is 2.37. The van der Waals surface area contributed by atoms with Crippen LogP contribution in [0.3, 0.4) is 0 Å². The Labute approximate surface area is 112 Å². The number of hydrogen-bond acceptors (Lipinski definition) is 6. The van der Waals surface area contributed by atoms with Crippen LogP contribution in [-0.4, -0.2) is 30.8 Å². The van der Waals surface area contributed by atoms with Crippen LogP contribution in [-0.2, 0) is 0 Å². The number of nitrogens with zero attached hydrogens (tertiary/aromatic N) is 4. The number of hydrogen-bond donors (Lipinski definition) is 1.